The van der Waals surface area contributed by atoms with Crippen molar-refractivity contribution in [3.63, 3.8) is 0 Å². The SMILES string of the molecule is O=P1(Oc2ccccc2)N[C@H]2CCCC[C@H]2CO1. The molecule has 0 bridgehead atoms. The summed E-state index contributed by atoms with van der Waals surface area (Å²) in [6.07, 6.45) is 4.66. The van der Waals surface area contributed by atoms with Crippen molar-refractivity contribution in [2.45, 2.75) is 31.7 Å². The Bertz CT molecular complexity index is 451. The summed E-state index contributed by atoms with van der Waals surface area (Å²) in [6.45, 7) is 0.543. The molecule has 0 amide bonds. The van der Waals surface area contributed by atoms with Gasteiger partial charge in [0.05, 0.1) is 6.61 Å². The van der Waals surface area contributed by atoms with Gasteiger partial charge in [0.25, 0.3) is 0 Å². The summed E-state index contributed by atoms with van der Waals surface area (Å²) in [6, 6.07) is 9.47. The zero-order chi connectivity index (χ0) is 12.4. The molecule has 1 aliphatic carbocycles. The maximum Gasteiger partial charge on any atom is 0.458 e. The average molecular weight is 267 g/mol. The topological polar surface area (TPSA) is 47.6 Å². The Labute approximate surface area is 107 Å². The molecule has 1 saturated carbocycles. The Morgan fingerprint density at radius 1 is 1.22 bits per heavy atom. The fourth-order valence-electron chi connectivity index (χ4n) is 2.68. The number of hydrogen-bond donors (Lipinski definition) is 1. The molecule has 98 valence electrons. The lowest BCUT2D eigenvalue weighted by atomic mass is 9.86. The molecule has 1 saturated heterocycles. The van der Waals surface area contributed by atoms with Crippen LogP contribution in [0.1, 0.15) is 25.7 Å². The van der Waals surface area contributed by atoms with Gasteiger partial charge in [0.1, 0.15) is 5.75 Å². The third-order valence-electron chi connectivity index (χ3n) is 3.66. The molecule has 18 heavy (non-hydrogen) atoms. The van der Waals surface area contributed by atoms with Crippen molar-refractivity contribution in [3.8, 4) is 5.75 Å². The van der Waals surface area contributed by atoms with Crippen LogP contribution in [0.5, 0.6) is 5.75 Å². The van der Waals surface area contributed by atoms with Crippen LogP contribution in [0.15, 0.2) is 30.3 Å². The van der Waals surface area contributed by atoms with E-state index >= 15 is 0 Å². The lowest BCUT2D eigenvalue weighted by molar-refractivity contribution is 0.123. The second kappa shape index (κ2) is 5.04. The zero-order valence-corrected chi connectivity index (χ0v) is 11.1. The van der Waals surface area contributed by atoms with Gasteiger partial charge >= 0.3 is 7.75 Å². The largest absolute Gasteiger partial charge is 0.458 e. The van der Waals surface area contributed by atoms with Crippen molar-refractivity contribution in [2.75, 3.05) is 6.61 Å². The second-order valence-corrected chi connectivity index (χ2v) is 6.67. The molecule has 3 atom stereocenters. The van der Waals surface area contributed by atoms with Crippen LogP contribution in [0.2, 0.25) is 0 Å². The van der Waals surface area contributed by atoms with Gasteiger partial charge in [0.2, 0.25) is 0 Å². The maximum absolute atomic E-state index is 12.5. The van der Waals surface area contributed by atoms with Gasteiger partial charge in [-0.25, -0.2) is 9.65 Å². The normalized spacial score (nSPS) is 35.8. The summed E-state index contributed by atoms with van der Waals surface area (Å²) in [5.41, 5.74) is 0. The smallest absolute Gasteiger partial charge is 0.413 e. The van der Waals surface area contributed by atoms with Crippen LogP contribution >= 0.6 is 7.75 Å². The Balaban J connectivity index is 1.70. The standard InChI is InChI=1S/C13H18NO3P/c15-18(17-12-7-2-1-3-8-12)14-13-9-5-4-6-11(13)10-16-18/h1-3,7-8,11,13H,4-6,9-10H2,(H,14,15)/t11-,13-,18?/m0/s1. The van der Waals surface area contributed by atoms with Crippen molar-refractivity contribution in [3.05, 3.63) is 30.3 Å². The minimum absolute atomic E-state index is 0.280. The highest BCUT2D eigenvalue weighted by atomic mass is 31.2. The van der Waals surface area contributed by atoms with Crippen LogP contribution in [0.3, 0.4) is 0 Å². The van der Waals surface area contributed by atoms with Gasteiger partial charge in [-0.1, -0.05) is 31.0 Å². The molecule has 1 aliphatic heterocycles. The van der Waals surface area contributed by atoms with Gasteiger partial charge in [-0.2, -0.15) is 0 Å². The number of para-hydroxylation sites is 1. The number of fused-ring (bicyclic) bond motifs is 1. The Kier molecular flexibility index (Phi) is 3.42. The molecule has 0 radical (unpaired) electrons. The van der Waals surface area contributed by atoms with E-state index in [0.717, 1.165) is 12.8 Å². The van der Waals surface area contributed by atoms with Gasteiger partial charge < -0.3 is 4.52 Å². The maximum atomic E-state index is 12.5. The summed E-state index contributed by atoms with van der Waals surface area (Å²) < 4.78 is 23.5. The van der Waals surface area contributed by atoms with E-state index < -0.39 is 7.75 Å². The van der Waals surface area contributed by atoms with Gasteiger partial charge in [-0.05, 0) is 30.9 Å². The molecule has 2 aliphatic rings. The van der Waals surface area contributed by atoms with E-state index in [1.807, 2.05) is 18.2 Å². The third kappa shape index (κ3) is 2.61. The molecule has 3 rings (SSSR count). The number of benzene rings is 1. The molecule has 1 aromatic rings. The Morgan fingerprint density at radius 2 is 2.00 bits per heavy atom. The zero-order valence-electron chi connectivity index (χ0n) is 10.2. The summed E-state index contributed by atoms with van der Waals surface area (Å²) in [5.74, 6) is 1.07. The van der Waals surface area contributed by atoms with E-state index in [0.29, 0.717) is 18.3 Å². The lowest BCUT2D eigenvalue weighted by Crippen LogP contribution is -2.44. The van der Waals surface area contributed by atoms with Crippen LogP contribution in [0, 0.1) is 5.92 Å². The van der Waals surface area contributed by atoms with Crippen LogP contribution in [0.25, 0.3) is 0 Å². The second-order valence-electron chi connectivity index (χ2n) is 4.98. The van der Waals surface area contributed by atoms with E-state index in [1.54, 1.807) is 12.1 Å². The Morgan fingerprint density at radius 3 is 2.83 bits per heavy atom. The van der Waals surface area contributed by atoms with Gasteiger partial charge in [-0.3, -0.25) is 4.52 Å². The van der Waals surface area contributed by atoms with Crippen molar-refractivity contribution in [1.29, 1.82) is 0 Å². The summed E-state index contributed by atoms with van der Waals surface area (Å²) in [4.78, 5) is 0. The Hall–Kier alpha value is -0.830. The van der Waals surface area contributed by atoms with Gasteiger partial charge in [0, 0.05) is 6.04 Å². The molecular formula is C13H18NO3P. The first-order valence-corrected chi connectivity index (χ1v) is 8.06. The first kappa shape index (κ1) is 12.2. The highest BCUT2D eigenvalue weighted by Crippen LogP contribution is 2.50. The molecule has 0 spiro atoms. The average Bonchev–Trinajstić information content (AvgIpc) is 2.39. The fraction of sp³-hybridized carbons (Fsp3) is 0.538. The minimum atomic E-state index is -3.17. The van der Waals surface area contributed by atoms with Crippen LogP contribution in [0.4, 0.5) is 0 Å². The van der Waals surface area contributed by atoms with Crippen molar-refractivity contribution >= 4 is 7.75 Å². The molecule has 5 heteroatoms. The van der Waals surface area contributed by atoms with Crippen LogP contribution in [-0.4, -0.2) is 12.6 Å². The van der Waals surface area contributed by atoms with E-state index in [1.165, 1.54) is 12.8 Å². The van der Waals surface area contributed by atoms with Crippen molar-refractivity contribution < 1.29 is 13.6 Å². The molecule has 1 heterocycles. The highest BCUT2D eigenvalue weighted by molar-refractivity contribution is 7.52. The summed E-state index contributed by atoms with van der Waals surface area (Å²) in [5, 5.41) is 3.09. The van der Waals surface area contributed by atoms with E-state index in [-0.39, 0.29) is 6.04 Å². The van der Waals surface area contributed by atoms with E-state index in [4.69, 9.17) is 9.05 Å². The molecule has 2 fully saturated rings. The highest BCUT2D eigenvalue weighted by Gasteiger charge is 2.40. The monoisotopic (exact) mass is 267 g/mol. The minimum Gasteiger partial charge on any atom is -0.413 e. The van der Waals surface area contributed by atoms with Gasteiger partial charge in [-0.15, -0.1) is 0 Å². The predicted molar refractivity (Wildman–Crippen MR) is 69.5 cm³/mol. The molecule has 1 aromatic carbocycles. The lowest BCUT2D eigenvalue weighted by Gasteiger charge is -2.38. The predicted octanol–water partition coefficient (Wildman–Crippen LogP) is 3.35. The van der Waals surface area contributed by atoms with Crippen LogP contribution in [-0.2, 0) is 9.09 Å². The van der Waals surface area contributed by atoms with Crippen molar-refractivity contribution in [2.24, 2.45) is 5.92 Å². The van der Waals surface area contributed by atoms with Gasteiger partial charge in [0.15, 0.2) is 0 Å². The number of hydrogen-bond acceptors (Lipinski definition) is 3. The summed E-state index contributed by atoms with van der Waals surface area (Å²) >= 11 is 0. The van der Waals surface area contributed by atoms with E-state index in [2.05, 4.69) is 5.09 Å². The third-order valence-corrected chi connectivity index (χ3v) is 5.25. The first-order valence-electron chi connectivity index (χ1n) is 6.52. The van der Waals surface area contributed by atoms with E-state index in [9.17, 15) is 4.57 Å². The molecular weight excluding hydrogens is 249 g/mol. The molecule has 1 N–H and O–H groups in total. The number of nitrogens with one attached hydrogen (secondary N) is 1. The quantitative estimate of drug-likeness (QED) is 0.835. The molecule has 4 nitrogen and oxygen atoms in total. The first-order chi connectivity index (χ1) is 8.75. The van der Waals surface area contributed by atoms with Crippen molar-refractivity contribution in [1.82, 2.24) is 5.09 Å². The molecule has 0 aromatic heterocycles. The van der Waals surface area contributed by atoms with Crippen LogP contribution < -0.4 is 9.61 Å². The molecule has 1 unspecified atom stereocenters. The summed E-state index contributed by atoms with van der Waals surface area (Å²) in [7, 11) is -3.17. The number of rotatable bonds is 2. The fourth-order valence-corrected chi connectivity index (χ4v) is 4.40.